The first-order valence-corrected chi connectivity index (χ1v) is 22.3. The first-order chi connectivity index (χ1) is 26.1. The van der Waals surface area contributed by atoms with Crippen LogP contribution in [0.15, 0.2) is 170 Å². The maximum Gasteiger partial charge on any atom is 0.147 e. The van der Waals surface area contributed by atoms with Gasteiger partial charge in [-0.1, -0.05) is 148 Å². The molecule has 0 spiro atoms. The van der Waals surface area contributed by atoms with Gasteiger partial charge in [-0.3, -0.25) is 0 Å². The molecule has 0 radical (unpaired) electrons. The van der Waals surface area contributed by atoms with Crippen molar-refractivity contribution in [1.29, 1.82) is 0 Å². The highest BCUT2D eigenvalue weighted by atomic mass is 28.3. The monoisotopic (exact) mass is 718 g/mol. The summed E-state index contributed by atoms with van der Waals surface area (Å²) in [6.07, 6.45) is 0. The molecule has 1 aliphatic rings. The Kier molecular flexibility index (Phi) is 8.06. The second-order valence-corrected chi connectivity index (χ2v) is 21.0. The number of benzene rings is 8. The molecule has 264 valence electrons. The summed E-state index contributed by atoms with van der Waals surface area (Å²) in [5.41, 5.74) is 10.5. The van der Waals surface area contributed by atoms with Crippen LogP contribution in [0.5, 0.6) is 0 Å². The molecule has 0 saturated carbocycles. The topological polar surface area (TPSA) is 6.48 Å². The van der Waals surface area contributed by atoms with Gasteiger partial charge in [0, 0.05) is 33.2 Å². The second-order valence-electron chi connectivity index (χ2n) is 15.9. The van der Waals surface area contributed by atoms with Gasteiger partial charge in [0.05, 0.1) is 25.1 Å². The zero-order chi connectivity index (χ0) is 37.2. The van der Waals surface area contributed by atoms with E-state index in [4.69, 9.17) is 0 Å². The largest absolute Gasteiger partial charge is 0.310 e. The molecule has 4 heteroatoms. The molecule has 0 bridgehead atoms. The van der Waals surface area contributed by atoms with Gasteiger partial charge >= 0.3 is 0 Å². The predicted molar refractivity (Wildman–Crippen MR) is 231 cm³/mol. The molecule has 0 N–H and O–H groups in total. The Labute approximate surface area is 318 Å². The van der Waals surface area contributed by atoms with Gasteiger partial charge in [0.25, 0.3) is 0 Å². The van der Waals surface area contributed by atoms with E-state index >= 15 is 4.39 Å². The Hall–Kier alpha value is -5.97. The minimum absolute atomic E-state index is 0.253. The van der Waals surface area contributed by atoms with Crippen molar-refractivity contribution in [3.63, 3.8) is 0 Å². The Balaban J connectivity index is 1.27. The zero-order valence-electron chi connectivity index (χ0n) is 31.4. The van der Waals surface area contributed by atoms with E-state index < -0.39 is 8.07 Å². The fourth-order valence-electron chi connectivity index (χ4n) is 8.63. The van der Waals surface area contributed by atoms with Gasteiger partial charge in [-0.15, -0.1) is 0 Å². The molecule has 1 aliphatic carbocycles. The summed E-state index contributed by atoms with van der Waals surface area (Å²) in [7, 11) is -1.67. The summed E-state index contributed by atoms with van der Waals surface area (Å²) in [5, 5.41) is 6.19. The molecule has 0 aromatic heterocycles. The third-order valence-corrected chi connectivity index (χ3v) is 13.3. The Morgan fingerprint density at radius 3 is 1.63 bits per heavy atom. The Morgan fingerprint density at radius 2 is 1.00 bits per heavy atom. The minimum atomic E-state index is -1.67. The average Bonchev–Trinajstić information content (AvgIpc) is 3.41. The normalized spacial score (nSPS) is 13.1. The van der Waals surface area contributed by atoms with E-state index in [1.807, 2.05) is 12.1 Å². The number of halogens is 1. The lowest BCUT2D eigenvalue weighted by atomic mass is 9.81. The zero-order valence-corrected chi connectivity index (χ0v) is 32.4. The summed E-state index contributed by atoms with van der Waals surface area (Å²) < 4.78 is 16.1. The molecule has 8 aromatic rings. The summed E-state index contributed by atoms with van der Waals surface area (Å²) in [6.45, 7) is 11.8. The Morgan fingerprint density at radius 1 is 0.444 bits per heavy atom. The molecule has 0 atom stereocenters. The first-order valence-electron chi connectivity index (χ1n) is 18.8. The quantitative estimate of drug-likeness (QED) is 0.151. The predicted octanol–water partition coefficient (Wildman–Crippen LogP) is 13.9. The summed E-state index contributed by atoms with van der Waals surface area (Å²) in [5.74, 6) is -0.253. The van der Waals surface area contributed by atoms with E-state index in [0.717, 1.165) is 33.8 Å². The number of nitrogens with zero attached hydrogens (tertiary/aromatic N) is 2. The highest BCUT2D eigenvalue weighted by Crippen LogP contribution is 2.56. The number of fused-ring (bicyclic) bond motifs is 6. The van der Waals surface area contributed by atoms with E-state index in [9.17, 15) is 0 Å². The van der Waals surface area contributed by atoms with Crippen LogP contribution in [-0.2, 0) is 5.41 Å². The van der Waals surface area contributed by atoms with E-state index in [1.54, 1.807) is 12.1 Å². The first kappa shape index (κ1) is 33.8. The highest BCUT2D eigenvalue weighted by molar-refractivity contribution is 6.90. The van der Waals surface area contributed by atoms with Gasteiger partial charge in [-0.2, -0.15) is 0 Å². The fourth-order valence-corrected chi connectivity index (χ4v) is 10.2. The molecule has 0 saturated heterocycles. The van der Waals surface area contributed by atoms with Crippen LogP contribution in [0.25, 0.3) is 32.7 Å². The fraction of sp³-hybridized carbons (Fsp3) is 0.120. The smallest absolute Gasteiger partial charge is 0.147 e. The lowest BCUT2D eigenvalue weighted by molar-refractivity contribution is 0.629. The lowest BCUT2D eigenvalue weighted by Crippen LogP contribution is -2.38. The van der Waals surface area contributed by atoms with Crippen molar-refractivity contribution in [2.24, 2.45) is 0 Å². The molecular formula is C50H43FN2Si. The van der Waals surface area contributed by atoms with E-state index in [0.29, 0.717) is 5.69 Å². The second kappa shape index (κ2) is 12.9. The maximum absolute atomic E-state index is 16.1. The van der Waals surface area contributed by atoms with Crippen LogP contribution in [0.3, 0.4) is 0 Å². The van der Waals surface area contributed by atoms with E-state index in [-0.39, 0.29) is 11.2 Å². The standard InChI is InChI=1S/C50H43FN2Si/c1-50(2)42-32-36(53(46-27-17-16-26-44(46)51)45-30-31-48(54(3,4)5)39-24-14-12-22-37(39)45)28-29-41(42)49-40-25-15-13-23-38(40)47(33-43(49)50)52(34-18-8-6-9-19-34)35-20-10-7-11-21-35/h6-33H,1-5H3. The van der Waals surface area contributed by atoms with Crippen LogP contribution in [0.4, 0.5) is 38.5 Å². The van der Waals surface area contributed by atoms with Crippen molar-refractivity contribution in [1.82, 2.24) is 0 Å². The van der Waals surface area contributed by atoms with Crippen molar-refractivity contribution in [2.75, 3.05) is 9.80 Å². The molecule has 2 nitrogen and oxygen atoms in total. The molecule has 0 aliphatic heterocycles. The van der Waals surface area contributed by atoms with Crippen LogP contribution < -0.4 is 15.0 Å². The van der Waals surface area contributed by atoms with Gasteiger partial charge in [0.1, 0.15) is 5.82 Å². The van der Waals surface area contributed by atoms with Crippen LogP contribution in [0, 0.1) is 5.82 Å². The average molecular weight is 719 g/mol. The Bertz CT molecular complexity index is 2660. The van der Waals surface area contributed by atoms with Gasteiger partial charge in [0.15, 0.2) is 0 Å². The minimum Gasteiger partial charge on any atom is -0.310 e. The van der Waals surface area contributed by atoms with Crippen LogP contribution in [0.1, 0.15) is 25.0 Å². The third kappa shape index (κ3) is 5.44. The van der Waals surface area contributed by atoms with Crippen molar-refractivity contribution >= 4 is 68.9 Å². The van der Waals surface area contributed by atoms with E-state index in [2.05, 4.69) is 189 Å². The van der Waals surface area contributed by atoms with Crippen molar-refractivity contribution < 1.29 is 4.39 Å². The van der Waals surface area contributed by atoms with Crippen LogP contribution in [-0.4, -0.2) is 8.07 Å². The molecule has 9 rings (SSSR count). The molecule has 0 heterocycles. The van der Waals surface area contributed by atoms with Crippen molar-refractivity contribution in [2.45, 2.75) is 38.9 Å². The van der Waals surface area contributed by atoms with Gasteiger partial charge in [0.2, 0.25) is 0 Å². The summed E-state index contributed by atoms with van der Waals surface area (Å²) in [6, 6.07) is 59.5. The van der Waals surface area contributed by atoms with Gasteiger partial charge in [-0.25, -0.2) is 4.39 Å². The van der Waals surface area contributed by atoms with E-state index in [1.165, 1.54) is 43.6 Å². The number of hydrogen-bond acceptors (Lipinski definition) is 2. The highest BCUT2D eigenvalue weighted by Gasteiger charge is 2.39. The summed E-state index contributed by atoms with van der Waals surface area (Å²) in [4.78, 5) is 4.50. The molecule has 0 fully saturated rings. The number of para-hydroxylation sites is 3. The maximum atomic E-state index is 16.1. The third-order valence-electron chi connectivity index (χ3n) is 11.2. The summed E-state index contributed by atoms with van der Waals surface area (Å²) >= 11 is 0. The van der Waals surface area contributed by atoms with Crippen molar-refractivity contribution in [3.05, 3.63) is 187 Å². The number of hydrogen-bond donors (Lipinski definition) is 0. The molecule has 54 heavy (non-hydrogen) atoms. The molecule has 0 amide bonds. The molecule has 0 unspecified atom stereocenters. The van der Waals surface area contributed by atoms with Crippen molar-refractivity contribution in [3.8, 4) is 11.1 Å². The van der Waals surface area contributed by atoms with Crippen LogP contribution in [0.2, 0.25) is 19.6 Å². The molecule has 8 aromatic carbocycles. The van der Waals surface area contributed by atoms with Gasteiger partial charge < -0.3 is 9.80 Å². The SMILES string of the molecule is CC1(C)c2cc(N(c3ccccc3F)c3ccc([Si](C)(C)C)c4ccccc34)ccc2-c2c1cc(N(c1ccccc1)c1ccccc1)c1ccccc21. The number of anilines is 6. The molecular weight excluding hydrogens is 676 g/mol. The van der Waals surface area contributed by atoms with Gasteiger partial charge in [-0.05, 0) is 93.7 Å². The lowest BCUT2D eigenvalue weighted by Gasteiger charge is -2.31. The number of rotatable bonds is 7. The van der Waals surface area contributed by atoms with Crippen LogP contribution >= 0.6 is 0 Å².